The number of nitrogens with two attached hydrogens (primary N) is 1. The molecule has 1 fully saturated rings. The Kier molecular flexibility index (Phi) is 4.07. The molecule has 1 aliphatic rings. The van der Waals surface area contributed by atoms with Crippen molar-refractivity contribution in [3.8, 4) is 0 Å². The minimum absolute atomic E-state index is 0.131. The second-order valence-corrected chi connectivity index (χ2v) is 5.88. The highest BCUT2D eigenvalue weighted by Crippen LogP contribution is 2.33. The molecular weight excluding hydrogens is 226 g/mol. The molecule has 0 spiro atoms. The Labute approximate surface area is 110 Å². The van der Waals surface area contributed by atoms with Crippen molar-refractivity contribution < 1.29 is 4.74 Å². The molecule has 0 radical (unpaired) electrons. The van der Waals surface area contributed by atoms with Gasteiger partial charge in [0.05, 0.1) is 6.33 Å². The number of ether oxygens (including phenoxy) is 1. The molecule has 2 heterocycles. The van der Waals surface area contributed by atoms with Gasteiger partial charge in [-0.25, -0.2) is 4.98 Å². The number of hydrogen-bond donors (Lipinski definition) is 1. The summed E-state index contributed by atoms with van der Waals surface area (Å²) in [4.78, 5) is 4.36. The van der Waals surface area contributed by atoms with Gasteiger partial charge in [-0.05, 0) is 25.7 Å². The van der Waals surface area contributed by atoms with E-state index in [2.05, 4.69) is 30.3 Å². The zero-order valence-corrected chi connectivity index (χ0v) is 11.7. The second-order valence-electron chi connectivity index (χ2n) is 5.88. The van der Waals surface area contributed by atoms with Gasteiger partial charge in [-0.3, -0.25) is 0 Å². The molecule has 1 saturated heterocycles. The summed E-state index contributed by atoms with van der Waals surface area (Å²) in [6.07, 6.45) is 6.04. The van der Waals surface area contributed by atoms with Crippen LogP contribution in [0, 0.1) is 5.92 Å². The van der Waals surface area contributed by atoms with Gasteiger partial charge in [0.2, 0.25) is 0 Å². The summed E-state index contributed by atoms with van der Waals surface area (Å²) in [6, 6.07) is 0. The lowest BCUT2D eigenvalue weighted by Crippen LogP contribution is -2.38. The second kappa shape index (κ2) is 5.41. The molecule has 0 aromatic carbocycles. The van der Waals surface area contributed by atoms with E-state index in [1.807, 2.05) is 12.5 Å². The lowest BCUT2D eigenvalue weighted by atomic mass is 9.88. The average Bonchev–Trinajstić information content (AvgIpc) is 2.80. The molecule has 18 heavy (non-hydrogen) atoms. The molecule has 4 nitrogen and oxygen atoms in total. The summed E-state index contributed by atoms with van der Waals surface area (Å²) in [5, 5.41) is 0. The van der Waals surface area contributed by atoms with E-state index in [0.29, 0.717) is 18.4 Å². The van der Waals surface area contributed by atoms with E-state index in [4.69, 9.17) is 10.5 Å². The molecule has 1 unspecified atom stereocenters. The van der Waals surface area contributed by atoms with E-state index in [0.717, 1.165) is 26.1 Å². The van der Waals surface area contributed by atoms with Gasteiger partial charge in [-0.15, -0.1) is 0 Å². The molecule has 1 aromatic heterocycles. The standard InChI is InChI=1S/C14H25N3O/c1-11(2)12(8-15)13-9-16-10-17(13)14(3)4-6-18-7-5-14/h9-12H,4-8,15H2,1-3H3. The lowest BCUT2D eigenvalue weighted by Gasteiger charge is -2.37. The fourth-order valence-corrected chi connectivity index (χ4v) is 2.82. The number of hydrogen-bond acceptors (Lipinski definition) is 3. The van der Waals surface area contributed by atoms with Crippen molar-refractivity contribution in [2.24, 2.45) is 11.7 Å². The molecule has 0 bridgehead atoms. The van der Waals surface area contributed by atoms with Crippen LogP contribution in [0.5, 0.6) is 0 Å². The molecule has 2 rings (SSSR count). The van der Waals surface area contributed by atoms with Gasteiger partial charge < -0.3 is 15.0 Å². The van der Waals surface area contributed by atoms with Gasteiger partial charge >= 0.3 is 0 Å². The monoisotopic (exact) mass is 251 g/mol. The molecule has 4 heteroatoms. The molecule has 102 valence electrons. The molecule has 1 atom stereocenters. The van der Waals surface area contributed by atoms with Crippen molar-refractivity contribution in [3.05, 3.63) is 18.2 Å². The van der Waals surface area contributed by atoms with E-state index in [-0.39, 0.29) is 5.54 Å². The normalized spacial score (nSPS) is 21.2. The third-order valence-corrected chi connectivity index (χ3v) is 4.26. The van der Waals surface area contributed by atoms with Crippen molar-refractivity contribution in [1.82, 2.24) is 9.55 Å². The van der Waals surface area contributed by atoms with Gasteiger partial charge in [0, 0.05) is 43.1 Å². The smallest absolute Gasteiger partial charge is 0.0953 e. The van der Waals surface area contributed by atoms with E-state index < -0.39 is 0 Å². The Hall–Kier alpha value is -0.870. The number of rotatable bonds is 4. The fourth-order valence-electron chi connectivity index (χ4n) is 2.82. The first-order valence-electron chi connectivity index (χ1n) is 6.89. The Morgan fingerprint density at radius 3 is 2.67 bits per heavy atom. The maximum atomic E-state index is 5.94. The van der Waals surface area contributed by atoms with Crippen LogP contribution >= 0.6 is 0 Å². The summed E-state index contributed by atoms with van der Waals surface area (Å²) in [5.41, 5.74) is 7.35. The fraction of sp³-hybridized carbons (Fsp3) is 0.786. The highest BCUT2D eigenvalue weighted by Gasteiger charge is 2.32. The summed E-state index contributed by atoms with van der Waals surface area (Å²) in [6.45, 7) is 9.10. The van der Waals surface area contributed by atoms with Crippen LogP contribution in [0.2, 0.25) is 0 Å². The first-order chi connectivity index (χ1) is 8.58. The third kappa shape index (κ3) is 2.45. The van der Waals surface area contributed by atoms with E-state index >= 15 is 0 Å². The van der Waals surface area contributed by atoms with Crippen LogP contribution in [-0.2, 0) is 10.3 Å². The minimum atomic E-state index is 0.131. The first-order valence-corrected chi connectivity index (χ1v) is 6.89. The average molecular weight is 251 g/mol. The predicted octanol–water partition coefficient (Wildman–Crippen LogP) is 2.11. The Balaban J connectivity index is 2.31. The highest BCUT2D eigenvalue weighted by molar-refractivity contribution is 5.12. The number of aromatic nitrogens is 2. The van der Waals surface area contributed by atoms with E-state index in [1.165, 1.54) is 5.69 Å². The van der Waals surface area contributed by atoms with Crippen LogP contribution in [0.1, 0.15) is 45.2 Å². The lowest BCUT2D eigenvalue weighted by molar-refractivity contribution is 0.0277. The molecule has 0 amide bonds. The highest BCUT2D eigenvalue weighted by atomic mass is 16.5. The molecule has 0 aliphatic carbocycles. The molecule has 0 saturated carbocycles. The van der Waals surface area contributed by atoms with Crippen molar-refractivity contribution in [1.29, 1.82) is 0 Å². The topological polar surface area (TPSA) is 53.1 Å². The van der Waals surface area contributed by atoms with Gasteiger partial charge in [0.1, 0.15) is 0 Å². The number of nitrogens with zero attached hydrogens (tertiary/aromatic N) is 2. The zero-order chi connectivity index (χ0) is 13.2. The van der Waals surface area contributed by atoms with Gasteiger partial charge in [0.25, 0.3) is 0 Å². The van der Waals surface area contributed by atoms with E-state index in [1.54, 1.807) is 0 Å². The minimum Gasteiger partial charge on any atom is -0.381 e. The van der Waals surface area contributed by atoms with Gasteiger partial charge in [-0.2, -0.15) is 0 Å². The van der Waals surface area contributed by atoms with Gasteiger partial charge in [-0.1, -0.05) is 13.8 Å². The maximum Gasteiger partial charge on any atom is 0.0953 e. The molecule has 2 N–H and O–H groups in total. The summed E-state index contributed by atoms with van der Waals surface area (Å²) < 4.78 is 7.82. The predicted molar refractivity (Wildman–Crippen MR) is 72.6 cm³/mol. The van der Waals surface area contributed by atoms with Crippen LogP contribution in [0.3, 0.4) is 0 Å². The molecule has 1 aliphatic heterocycles. The summed E-state index contributed by atoms with van der Waals surface area (Å²) >= 11 is 0. The van der Waals surface area contributed by atoms with E-state index in [9.17, 15) is 0 Å². The largest absolute Gasteiger partial charge is 0.381 e. The zero-order valence-electron chi connectivity index (χ0n) is 11.7. The van der Waals surface area contributed by atoms with Crippen LogP contribution in [0.15, 0.2) is 12.5 Å². The van der Waals surface area contributed by atoms with Gasteiger partial charge in [0.15, 0.2) is 0 Å². The van der Waals surface area contributed by atoms with Crippen LogP contribution in [0.4, 0.5) is 0 Å². The van der Waals surface area contributed by atoms with Crippen molar-refractivity contribution >= 4 is 0 Å². The SMILES string of the molecule is CC(C)C(CN)c1cncn1C1(C)CCOCC1. The number of imidazole rings is 1. The third-order valence-electron chi connectivity index (χ3n) is 4.26. The Morgan fingerprint density at radius 2 is 2.11 bits per heavy atom. The molecular formula is C14H25N3O. The van der Waals surface area contributed by atoms with Crippen molar-refractivity contribution in [2.45, 2.75) is 45.1 Å². The van der Waals surface area contributed by atoms with Crippen molar-refractivity contribution in [2.75, 3.05) is 19.8 Å². The Morgan fingerprint density at radius 1 is 1.44 bits per heavy atom. The van der Waals surface area contributed by atoms with Crippen LogP contribution < -0.4 is 5.73 Å². The van der Waals surface area contributed by atoms with Crippen molar-refractivity contribution in [3.63, 3.8) is 0 Å². The molecule has 1 aromatic rings. The first kappa shape index (κ1) is 13.6. The maximum absolute atomic E-state index is 5.94. The summed E-state index contributed by atoms with van der Waals surface area (Å²) in [5.74, 6) is 0.918. The summed E-state index contributed by atoms with van der Waals surface area (Å²) in [7, 11) is 0. The van der Waals surface area contributed by atoms with Crippen LogP contribution in [-0.4, -0.2) is 29.3 Å². The van der Waals surface area contributed by atoms with Crippen LogP contribution in [0.25, 0.3) is 0 Å². The quantitative estimate of drug-likeness (QED) is 0.891. The Bertz CT molecular complexity index is 380.